The van der Waals surface area contributed by atoms with E-state index in [4.69, 9.17) is 23.2 Å². The molecule has 3 heterocycles. The first kappa shape index (κ1) is 26.7. The van der Waals surface area contributed by atoms with Gasteiger partial charge in [-0.2, -0.15) is 5.26 Å². The molecule has 1 aliphatic carbocycles. The van der Waals surface area contributed by atoms with Gasteiger partial charge < -0.3 is 10.2 Å². The molecule has 1 aromatic carbocycles. The van der Waals surface area contributed by atoms with Gasteiger partial charge in [0.15, 0.2) is 9.84 Å². The number of rotatable bonds is 6. The quantitative estimate of drug-likeness (QED) is 0.499. The number of sulfone groups is 1. The van der Waals surface area contributed by atoms with Gasteiger partial charge in [0.05, 0.1) is 26.3 Å². The lowest BCUT2D eigenvalue weighted by Crippen LogP contribution is -2.66. The number of amides is 2. The third-order valence-electron chi connectivity index (χ3n) is 7.30. The molecule has 0 spiro atoms. The highest BCUT2D eigenvalue weighted by molar-refractivity contribution is 7.92. The number of likely N-dealkylation sites (tertiary alicyclic amines) is 1. The number of benzene rings is 1. The normalized spacial score (nSPS) is 25.8. The molecule has 9 nitrogen and oxygen atoms in total. The van der Waals surface area contributed by atoms with Gasteiger partial charge in [0.2, 0.25) is 11.8 Å². The van der Waals surface area contributed by atoms with Crippen molar-refractivity contribution in [3.05, 3.63) is 57.8 Å². The van der Waals surface area contributed by atoms with Crippen LogP contribution < -0.4 is 10.6 Å². The summed E-state index contributed by atoms with van der Waals surface area (Å²) < 4.78 is 55.5. The van der Waals surface area contributed by atoms with Gasteiger partial charge in [-0.05, 0) is 56.5 Å². The van der Waals surface area contributed by atoms with Gasteiger partial charge in [-0.3, -0.25) is 19.9 Å². The average Bonchev–Trinajstić information content (AvgIpc) is 3.44. The molecule has 1 aromatic heterocycles. The van der Waals surface area contributed by atoms with Crippen LogP contribution in [0.3, 0.4) is 0 Å². The molecule has 2 N–H and O–H groups in total. The Balaban J connectivity index is 1.52. The van der Waals surface area contributed by atoms with Crippen LogP contribution in [0.2, 0.25) is 10.0 Å². The van der Waals surface area contributed by atoms with E-state index in [9.17, 15) is 32.0 Å². The fraction of sp³-hybridized carbons (Fsp3) is 0.417. The second kappa shape index (κ2) is 9.41. The van der Waals surface area contributed by atoms with Crippen molar-refractivity contribution in [2.75, 3.05) is 13.1 Å². The molecular weight excluding hydrogens is 563 g/mol. The molecule has 1 saturated carbocycles. The number of carbonyl (C=O) groups is 2. The SMILES string of the molecule is N#CC1(NC(=O)[C@@H]2CC(S(=O)(=O)c3ccc(F)cc3Cl)CN2C(=O)C2(c3ncc(Cl)cc3F)CCN2)CC1. The molecule has 2 aliphatic heterocycles. The molecule has 2 saturated heterocycles. The molecule has 2 unspecified atom stereocenters. The number of nitriles is 1. The number of nitrogens with one attached hydrogen (secondary N) is 2. The van der Waals surface area contributed by atoms with Crippen molar-refractivity contribution in [3.63, 3.8) is 0 Å². The van der Waals surface area contributed by atoms with E-state index < -0.39 is 62.2 Å². The minimum absolute atomic E-state index is 0.0279. The molecule has 2 amide bonds. The summed E-state index contributed by atoms with van der Waals surface area (Å²) in [6.07, 6.45) is 1.88. The Hall–Kier alpha value is -2.85. The van der Waals surface area contributed by atoms with E-state index in [1.54, 1.807) is 0 Å². The Morgan fingerprint density at radius 2 is 1.92 bits per heavy atom. The standard InChI is InChI=1S/C24H21Cl2F2N5O4S/c25-13-7-17(28)20(30-10-13)24(5-6-31-24)22(35)33-11-15(9-18(33)21(34)32-23(12-29)3-4-23)38(36,37)19-2-1-14(27)8-16(19)26/h1-2,7-8,10,15,18,31H,3-6,9,11H2,(H,32,34)/t15?,18-,24?/m0/s1. The average molecular weight is 584 g/mol. The van der Waals surface area contributed by atoms with E-state index in [0.29, 0.717) is 19.4 Å². The summed E-state index contributed by atoms with van der Waals surface area (Å²) in [6, 6.07) is 4.62. The van der Waals surface area contributed by atoms with Gasteiger partial charge in [-0.1, -0.05) is 23.2 Å². The number of hydrogen-bond acceptors (Lipinski definition) is 7. The van der Waals surface area contributed by atoms with Crippen LogP contribution >= 0.6 is 23.2 Å². The van der Waals surface area contributed by atoms with Crippen LogP contribution in [-0.2, 0) is 25.0 Å². The molecule has 0 bridgehead atoms. The van der Waals surface area contributed by atoms with Crippen molar-refractivity contribution < 1.29 is 26.8 Å². The van der Waals surface area contributed by atoms with Gasteiger partial charge in [0.25, 0.3) is 0 Å². The van der Waals surface area contributed by atoms with Crippen LogP contribution in [0.1, 0.15) is 31.4 Å². The van der Waals surface area contributed by atoms with Gasteiger partial charge in [-0.15, -0.1) is 0 Å². The van der Waals surface area contributed by atoms with Crippen LogP contribution in [0.5, 0.6) is 0 Å². The number of nitrogens with zero attached hydrogens (tertiary/aromatic N) is 3. The maximum Gasteiger partial charge on any atom is 0.250 e. The minimum Gasteiger partial charge on any atom is -0.336 e. The highest BCUT2D eigenvalue weighted by atomic mass is 35.5. The molecule has 3 atom stereocenters. The van der Waals surface area contributed by atoms with E-state index in [-0.39, 0.29) is 33.5 Å². The predicted octanol–water partition coefficient (Wildman–Crippen LogP) is 2.47. The zero-order valence-electron chi connectivity index (χ0n) is 19.7. The van der Waals surface area contributed by atoms with Crippen molar-refractivity contribution >= 4 is 44.9 Å². The number of pyridine rings is 1. The van der Waals surface area contributed by atoms with E-state index in [1.165, 1.54) is 6.20 Å². The molecule has 3 aliphatic rings. The first-order valence-corrected chi connectivity index (χ1v) is 14.0. The summed E-state index contributed by atoms with van der Waals surface area (Å²) in [6.45, 7) is -0.0597. The maximum absolute atomic E-state index is 14.9. The Morgan fingerprint density at radius 1 is 1.21 bits per heavy atom. The van der Waals surface area contributed by atoms with Gasteiger partial charge in [-0.25, -0.2) is 17.2 Å². The first-order chi connectivity index (χ1) is 17.9. The summed E-state index contributed by atoms with van der Waals surface area (Å²) in [5, 5.41) is 13.4. The van der Waals surface area contributed by atoms with E-state index in [0.717, 1.165) is 29.2 Å². The molecule has 2 aromatic rings. The minimum atomic E-state index is -4.23. The lowest BCUT2D eigenvalue weighted by molar-refractivity contribution is -0.147. The molecule has 200 valence electrons. The monoisotopic (exact) mass is 583 g/mol. The lowest BCUT2D eigenvalue weighted by atomic mass is 9.82. The van der Waals surface area contributed by atoms with Crippen LogP contribution in [0.25, 0.3) is 0 Å². The molecule has 3 fully saturated rings. The molecular formula is C24H21Cl2F2N5O4S. The van der Waals surface area contributed by atoms with E-state index in [1.807, 2.05) is 6.07 Å². The smallest absolute Gasteiger partial charge is 0.250 e. The largest absolute Gasteiger partial charge is 0.336 e. The predicted molar refractivity (Wildman–Crippen MR) is 132 cm³/mol. The van der Waals surface area contributed by atoms with Crippen LogP contribution in [0.4, 0.5) is 8.78 Å². The van der Waals surface area contributed by atoms with Gasteiger partial charge in [0, 0.05) is 12.7 Å². The fourth-order valence-corrected chi connectivity index (χ4v) is 7.30. The Kier molecular flexibility index (Phi) is 6.62. The summed E-state index contributed by atoms with van der Waals surface area (Å²) >= 11 is 11.9. The summed E-state index contributed by atoms with van der Waals surface area (Å²) in [5.74, 6) is -2.99. The molecule has 5 rings (SSSR count). The first-order valence-electron chi connectivity index (χ1n) is 11.7. The zero-order valence-corrected chi connectivity index (χ0v) is 22.0. The third-order valence-corrected chi connectivity index (χ3v) is 10.1. The van der Waals surface area contributed by atoms with Crippen molar-refractivity contribution in [1.29, 1.82) is 5.26 Å². The molecule has 14 heteroatoms. The summed E-state index contributed by atoms with van der Waals surface area (Å²) in [5.41, 5.74) is -2.92. The van der Waals surface area contributed by atoms with Crippen molar-refractivity contribution in [3.8, 4) is 6.07 Å². The van der Waals surface area contributed by atoms with Crippen molar-refractivity contribution in [1.82, 2.24) is 20.5 Å². The molecule has 0 radical (unpaired) electrons. The van der Waals surface area contributed by atoms with Crippen LogP contribution in [-0.4, -0.2) is 60.0 Å². The Labute approximate surface area is 227 Å². The van der Waals surface area contributed by atoms with Crippen LogP contribution in [0, 0.1) is 23.0 Å². The van der Waals surface area contributed by atoms with Gasteiger partial charge >= 0.3 is 0 Å². The topological polar surface area (TPSA) is 132 Å². The maximum atomic E-state index is 14.9. The number of halogens is 4. The fourth-order valence-electron chi connectivity index (χ4n) is 4.92. The van der Waals surface area contributed by atoms with Gasteiger partial charge in [0.1, 0.15) is 34.4 Å². The highest BCUT2D eigenvalue weighted by Gasteiger charge is 2.56. The Morgan fingerprint density at radius 3 is 2.47 bits per heavy atom. The second-order valence-corrected chi connectivity index (χ2v) is 12.7. The van der Waals surface area contributed by atoms with Crippen LogP contribution in [0.15, 0.2) is 35.4 Å². The lowest BCUT2D eigenvalue weighted by Gasteiger charge is -2.44. The highest BCUT2D eigenvalue weighted by Crippen LogP contribution is 2.40. The Bertz CT molecular complexity index is 1490. The van der Waals surface area contributed by atoms with E-state index >= 15 is 0 Å². The number of carbonyl (C=O) groups excluding carboxylic acids is 2. The van der Waals surface area contributed by atoms with Crippen molar-refractivity contribution in [2.45, 2.75) is 52.9 Å². The summed E-state index contributed by atoms with van der Waals surface area (Å²) in [7, 11) is -4.23. The molecule has 38 heavy (non-hydrogen) atoms. The summed E-state index contributed by atoms with van der Waals surface area (Å²) in [4.78, 5) is 32.1. The number of aromatic nitrogens is 1. The third kappa shape index (κ3) is 4.41. The number of hydrogen-bond donors (Lipinski definition) is 2. The van der Waals surface area contributed by atoms with E-state index in [2.05, 4.69) is 15.6 Å². The zero-order chi connectivity index (χ0) is 27.5. The second-order valence-electron chi connectivity index (χ2n) is 9.70. The van der Waals surface area contributed by atoms with Crippen molar-refractivity contribution in [2.24, 2.45) is 0 Å².